The minimum Gasteiger partial charge on any atom is -0.363 e. The standard InChI is InChI=1S/C11H15FN2S/c1-3-13-11(15)14(4-2)10-8-6-5-7-9(10)12/h5-8H,3-4H2,1-2H3,(H,13,15). The van der Waals surface area contributed by atoms with Crippen molar-refractivity contribution >= 4 is 23.0 Å². The highest BCUT2D eigenvalue weighted by molar-refractivity contribution is 7.80. The highest BCUT2D eigenvalue weighted by Crippen LogP contribution is 2.18. The molecule has 0 saturated carbocycles. The molecule has 0 unspecified atom stereocenters. The van der Waals surface area contributed by atoms with Crippen LogP contribution >= 0.6 is 12.2 Å². The summed E-state index contributed by atoms with van der Waals surface area (Å²) in [7, 11) is 0. The summed E-state index contributed by atoms with van der Waals surface area (Å²) in [4.78, 5) is 1.74. The van der Waals surface area contributed by atoms with Crippen LogP contribution < -0.4 is 10.2 Å². The first-order valence-electron chi connectivity index (χ1n) is 5.00. The molecular weight excluding hydrogens is 211 g/mol. The fourth-order valence-electron chi connectivity index (χ4n) is 1.34. The molecule has 1 aromatic rings. The average Bonchev–Trinajstić information content (AvgIpc) is 2.22. The Balaban J connectivity index is 2.92. The topological polar surface area (TPSA) is 15.3 Å². The van der Waals surface area contributed by atoms with Gasteiger partial charge in [0, 0.05) is 13.1 Å². The largest absolute Gasteiger partial charge is 0.363 e. The van der Waals surface area contributed by atoms with Crippen LogP contribution in [0.5, 0.6) is 0 Å². The number of hydrogen-bond acceptors (Lipinski definition) is 1. The van der Waals surface area contributed by atoms with Gasteiger partial charge in [-0.15, -0.1) is 0 Å². The summed E-state index contributed by atoms with van der Waals surface area (Å²) >= 11 is 5.16. The Bertz CT molecular complexity index is 341. The average molecular weight is 226 g/mol. The second-order valence-corrected chi connectivity index (χ2v) is 3.42. The molecule has 0 fully saturated rings. The number of halogens is 1. The summed E-state index contributed by atoms with van der Waals surface area (Å²) in [6.07, 6.45) is 0. The van der Waals surface area contributed by atoms with Crippen molar-refractivity contribution in [2.24, 2.45) is 0 Å². The van der Waals surface area contributed by atoms with Crippen molar-refractivity contribution in [2.45, 2.75) is 13.8 Å². The molecule has 1 rings (SSSR count). The Morgan fingerprint density at radius 3 is 2.60 bits per heavy atom. The second-order valence-electron chi connectivity index (χ2n) is 3.03. The van der Waals surface area contributed by atoms with Crippen LogP contribution in [0.3, 0.4) is 0 Å². The maximum Gasteiger partial charge on any atom is 0.173 e. The first-order valence-corrected chi connectivity index (χ1v) is 5.41. The van der Waals surface area contributed by atoms with Crippen molar-refractivity contribution in [3.63, 3.8) is 0 Å². The van der Waals surface area contributed by atoms with E-state index in [0.717, 1.165) is 6.54 Å². The molecule has 2 nitrogen and oxygen atoms in total. The number of para-hydroxylation sites is 1. The highest BCUT2D eigenvalue weighted by atomic mass is 32.1. The van der Waals surface area contributed by atoms with Crippen LogP contribution in [0.2, 0.25) is 0 Å². The van der Waals surface area contributed by atoms with Gasteiger partial charge < -0.3 is 10.2 Å². The Morgan fingerprint density at radius 2 is 2.07 bits per heavy atom. The predicted molar refractivity (Wildman–Crippen MR) is 65.7 cm³/mol. The third-order valence-corrected chi connectivity index (χ3v) is 2.40. The molecule has 0 spiro atoms. The van der Waals surface area contributed by atoms with Gasteiger partial charge in [0.1, 0.15) is 5.82 Å². The van der Waals surface area contributed by atoms with Crippen molar-refractivity contribution < 1.29 is 4.39 Å². The van der Waals surface area contributed by atoms with Crippen molar-refractivity contribution in [3.8, 4) is 0 Å². The van der Waals surface area contributed by atoms with Crippen LogP contribution in [-0.2, 0) is 0 Å². The number of nitrogens with zero attached hydrogens (tertiary/aromatic N) is 1. The van der Waals surface area contributed by atoms with Gasteiger partial charge in [-0.3, -0.25) is 0 Å². The van der Waals surface area contributed by atoms with Gasteiger partial charge >= 0.3 is 0 Å². The number of anilines is 1. The number of nitrogens with one attached hydrogen (secondary N) is 1. The predicted octanol–water partition coefficient (Wildman–Crippen LogP) is 2.55. The normalized spacial score (nSPS) is 9.80. The third-order valence-electron chi connectivity index (χ3n) is 2.03. The Hall–Kier alpha value is -1.16. The Labute approximate surface area is 95.1 Å². The number of hydrogen-bond donors (Lipinski definition) is 1. The third kappa shape index (κ3) is 2.89. The molecule has 0 aromatic heterocycles. The van der Waals surface area contributed by atoms with Crippen LogP contribution in [0.15, 0.2) is 24.3 Å². The summed E-state index contributed by atoms with van der Waals surface area (Å²) in [5.41, 5.74) is 0.519. The van der Waals surface area contributed by atoms with Gasteiger partial charge in [0.2, 0.25) is 0 Å². The van der Waals surface area contributed by atoms with Crippen LogP contribution in [-0.4, -0.2) is 18.2 Å². The molecule has 0 amide bonds. The molecule has 82 valence electrons. The zero-order valence-electron chi connectivity index (χ0n) is 8.96. The van der Waals surface area contributed by atoms with Crippen LogP contribution in [0.4, 0.5) is 10.1 Å². The summed E-state index contributed by atoms with van der Waals surface area (Å²) in [5.74, 6) is -0.250. The molecule has 0 radical (unpaired) electrons. The monoisotopic (exact) mass is 226 g/mol. The van der Waals surface area contributed by atoms with E-state index in [1.54, 1.807) is 23.1 Å². The molecule has 0 heterocycles. The zero-order valence-corrected chi connectivity index (χ0v) is 9.77. The van der Waals surface area contributed by atoms with Gasteiger partial charge in [-0.05, 0) is 38.2 Å². The lowest BCUT2D eigenvalue weighted by atomic mass is 10.3. The molecule has 1 aromatic carbocycles. The van der Waals surface area contributed by atoms with Gasteiger partial charge in [-0.25, -0.2) is 4.39 Å². The molecule has 0 aliphatic heterocycles. The first kappa shape index (κ1) is 11.9. The van der Waals surface area contributed by atoms with E-state index in [2.05, 4.69) is 5.32 Å². The number of rotatable bonds is 3. The minimum absolute atomic E-state index is 0.250. The maximum absolute atomic E-state index is 13.5. The lowest BCUT2D eigenvalue weighted by Gasteiger charge is -2.24. The molecule has 0 saturated heterocycles. The van der Waals surface area contributed by atoms with Crippen molar-refractivity contribution in [2.75, 3.05) is 18.0 Å². The van der Waals surface area contributed by atoms with Crippen molar-refractivity contribution in [1.29, 1.82) is 0 Å². The van der Waals surface area contributed by atoms with Crippen molar-refractivity contribution in [3.05, 3.63) is 30.1 Å². The van der Waals surface area contributed by atoms with E-state index in [-0.39, 0.29) is 5.82 Å². The smallest absolute Gasteiger partial charge is 0.173 e. The van der Waals surface area contributed by atoms with Crippen LogP contribution in [0, 0.1) is 5.82 Å². The number of thiocarbonyl (C=S) groups is 1. The maximum atomic E-state index is 13.5. The summed E-state index contributed by atoms with van der Waals surface area (Å²) < 4.78 is 13.5. The molecule has 0 aliphatic carbocycles. The molecule has 0 bridgehead atoms. The van der Waals surface area contributed by atoms with E-state index in [1.807, 2.05) is 13.8 Å². The van der Waals surface area contributed by atoms with Gasteiger partial charge in [0.25, 0.3) is 0 Å². The summed E-state index contributed by atoms with van der Waals surface area (Å²) in [5, 5.41) is 3.57. The fourth-order valence-corrected chi connectivity index (χ4v) is 1.71. The van der Waals surface area contributed by atoms with Crippen LogP contribution in [0.1, 0.15) is 13.8 Å². The van der Waals surface area contributed by atoms with Gasteiger partial charge in [0.05, 0.1) is 5.69 Å². The van der Waals surface area contributed by atoms with E-state index >= 15 is 0 Å². The zero-order chi connectivity index (χ0) is 11.3. The first-order chi connectivity index (χ1) is 7.20. The minimum atomic E-state index is -0.250. The van der Waals surface area contributed by atoms with Gasteiger partial charge in [0.15, 0.2) is 5.11 Å². The number of benzene rings is 1. The van der Waals surface area contributed by atoms with E-state index < -0.39 is 0 Å². The fraction of sp³-hybridized carbons (Fsp3) is 0.364. The molecular formula is C11H15FN2S. The van der Waals surface area contributed by atoms with E-state index in [9.17, 15) is 4.39 Å². The Morgan fingerprint density at radius 1 is 1.40 bits per heavy atom. The van der Waals surface area contributed by atoms with Gasteiger partial charge in [-0.2, -0.15) is 0 Å². The van der Waals surface area contributed by atoms with E-state index in [4.69, 9.17) is 12.2 Å². The Kier molecular flexibility index (Phi) is 4.49. The second kappa shape index (κ2) is 5.66. The van der Waals surface area contributed by atoms with Gasteiger partial charge in [-0.1, -0.05) is 12.1 Å². The molecule has 15 heavy (non-hydrogen) atoms. The lowest BCUT2D eigenvalue weighted by Crippen LogP contribution is -2.40. The van der Waals surface area contributed by atoms with Crippen LogP contribution in [0.25, 0.3) is 0 Å². The molecule has 0 aliphatic rings. The molecule has 4 heteroatoms. The summed E-state index contributed by atoms with van der Waals surface area (Å²) in [6.45, 7) is 5.29. The quantitative estimate of drug-likeness (QED) is 0.797. The van der Waals surface area contributed by atoms with E-state index in [0.29, 0.717) is 17.3 Å². The lowest BCUT2D eigenvalue weighted by molar-refractivity contribution is 0.626. The van der Waals surface area contributed by atoms with E-state index in [1.165, 1.54) is 6.07 Å². The van der Waals surface area contributed by atoms with Crippen molar-refractivity contribution in [1.82, 2.24) is 5.32 Å². The SMILES string of the molecule is CCNC(=S)N(CC)c1ccccc1F. The highest BCUT2D eigenvalue weighted by Gasteiger charge is 2.12. The molecule has 0 atom stereocenters. The molecule has 1 N–H and O–H groups in total. The summed E-state index contributed by atoms with van der Waals surface area (Å²) in [6, 6.07) is 6.63.